The summed E-state index contributed by atoms with van der Waals surface area (Å²) in [6.07, 6.45) is 3.61. The molecule has 1 spiro atoms. The van der Waals surface area contributed by atoms with E-state index in [1.54, 1.807) is 7.11 Å². The van der Waals surface area contributed by atoms with Gasteiger partial charge in [-0.15, -0.1) is 0 Å². The number of carbonyl (C=O) groups excluding carboxylic acids is 1. The molecule has 1 aromatic heterocycles. The first-order valence-electron chi connectivity index (χ1n) is 9.52. The Morgan fingerprint density at radius 2 is 2.15 bits per heavy atom. The number of pyridine rings is 1. The van der Waals surface area contributed by atoms with Crippen molar-refractivity contribution >= 4 is 5.91 Å². The van der Waals surface area contributed by atoms with Gasteiger partial charge in [-0.1, -0.05) is 6.07 Å². The van der Waals surface area contributed by atoms with E-state index in [0.717, 1.165) is 57.9 Å². The van der Waals surface area contributed by atoms with Crippen LogP contribution >= 0.6 is 0 Å². The number of rotatable bonds is 5. The van der Waals surface area contributed by atoms with Gasteiger partial charge in [-0.25, -0.2) is 0 Å². The van der Waals surface area contributed by atoms with Crippen LogP contribution in [0.3, 0.4) is 0 Å². The Hall–Kier alpha value is -1.54. The maximum atomic E-state index is 13.3. The third-order valence-electron chi connectivity index (χ3n) is 5.98. The van der Waals surface area contributed by atoms with Crippen molar-refractivity contribution in [1.82, 2.24) is 19.7 Å². The topological polar surface area (TPSA) is 58.1 Å². The zero-order valence-corrected chi connectivity index (χ0v) is 15.5. The number of aromatic nitrogens is 1. The van der Waals surface area contributed by atoms with Crippen molar-refractivity contribution in [2.75, 3.05) is 53.1 Å². The standard InChI is InChI=1S/C19H28N4O3/c1-25-13-10-23-18(24)17-15-21(14-16-4-2-3-7-20-16)8-9-22(17)19(23)5-11-26-12-6-19/h2-4,7,17H,5-6,8-15H2,1H3/t17-/m1/s1. The summed E-state index contributed by atoms with van der Waals surface area (Å²) >= 11 is 0. The molecule has 1 aromatic rings. The van der Waals surface area contributed by atoms with E-state index >= 15 is 0 Å². The summed E-state index contributed by atoms with van der Waals surface area (Å²) in [7, 11) is 1.69. The zero-order valence-electron chi connectivity index (χ0n) is 15.5. The van der Waals surface area contributed by atoms with Crippen molar-refractivity contribution in [2.45, 2.75) is 31.1 Å². The molecule has 7 nitrogen and oxygen atoms in total. The molecule has 3 fully saturated rings. The van der Waals surface area contributed by atoms with Crippen LogP contribution in [-0.2, 0) is 20.8 Å². The average Bonchev–Trinajstić information content (AvgIpc) is 2.89. The summed E-state index contributed by atoms with van der Waals surface area (Å²) in [5.74, 6) is 0.245. The second-order valence-electron chi connectivity index (χ2n) is 7.34. The Kier molecular flexibility index (Phi) is 5.22. The molecule has 4 heterocycles. The average molecular weight is 360 g/mol. The minimum atomic E-state index is -0.185. The van der Waals surface area contributed by atoms with Gasteiger partial charge in [0.15, 0.2) is 0 Å². The molecule has 3 saturated heterocycles. The molecule has 0 N–H and O–H groups in total. The molecule has 0 saturated carbocycles. The van der Waals surface area contributed by atoms with E-state index in [4.69, 9.17) is 9.47 Å². The Bertz CT molecular complexity index is 620. The molecule has 0 aromatic carbocycles. The monoisotopic (exact) mass is 360 g/mol. The quantitative estimate of drug-likeness (QED) is 0.765. The van der Waals surface area contributed by atoms with Gasteiger partial charge in [-0.3, -0.25) is 19.6 Å². The van der Waals surface area contributed by atoms with Gasteiger partial charge in [-0.2, -0.15) is 0 Å². The normalized spacial score (nSPS) is 26.4. The zero-order chi connectivity index (χ0) is 18.0. The number of methoxy groups -OCH3 is 1. The second-order valence-corrected chi connectivity index (χ2v) is 7.34. The number of carbonyl (C=O) groups is 1. The van der Waals surface area contributed by atoms with Crippen LogP contribution in [0, 0.1) is 0 Å². The van der Waals surface area contributed by atoms with Gasteiger partial charge >= 0.3 is 0 Å². The number of piperazine rings is 1. The van der Waals surface area contributed by atoms with E-state index in [1.165, 1.54) is 0 Å². The van der Waals surface area contributed by atoms with Gasteiger partial charge in [0.2, 0.25) is 5.91 Å². The fourth-order valence-electron chi connectivity index (χ4n) is 4.71. The lowest BCUT2D eigenvalue weighted by Crippen LogP contribution is -2.62. The Balaban J connectivity index is 1.52. The van der Waals surface area contributed by atoms with Crippen LogP contribution in [0.1, 0.15) is 18.5 Å². The van der Waals surface area contributed by atoms with Gasteiger partial charge in [0.05, 0.1) is 25.5 Å². The van der Waals surface area contributed by atoms with Crippen molar-refractivity contribution in [3.63, 3.8) is 0 Å². The molecular formula is C19H28N4O3. The highest BCUT2D eigenvalue weighted by Crippen LogP contribution is 2.41. The van der Waals surface area contributed by atoms with Crippen LogP contribution in [0.4, 0.5) is 0 Å². The molecule has 0 aliphatic carbocycles. The van der Waals surface area contributed by atoms with Gasteiger partial charge < -0.3 is 14.4 Å². The lowest BCUT2D eigenvalue weighted by molar-refractivity contribution is -0.137. The highest BCUT2D eigenvalue weighted by molar-refractivity contribution is 5.85. The molecule has 0 radical (unpaired) electrons. The summed E-state index contributed by atoms with van der Waals surface area (Å²) in [6.45, 7) is 6.10. The number of hydrogen-bond donors (Lipinski definition) is 0. The third-order valence-corrected chi connectivity index (χ3v) is 5.98. The summed E-state index contributed by atoms with van der Waals surface area (Å²) < 4.78 is 10.9. The molecule has 7 heteroatoms. The predicted molar refractivity (Wildman–Crippen MR) is 96.4 cm³/mol. The number of hydrogen-bond acceptors (Lipinski definition) is 6. The van der Waals surface area contributed by atoms with Crippen LogP contribution in [-0.4, -0.2) is 90.4 Å². The molecule has 0 bridgehead atoms. The molecular weight excluding hydrogens is 332 g/mol. The predicted octanol–water partition coefficient (Wildman–Crippen LogP) is 0.563. The minimum Gasteiger partial charge on any atom is -0.383 e. The van der Waals surface area contributed by atoms with E-state index < -0.39 is 0 Å². The van der Waals surface area contributed by atoms with Crippen molar-refractivity contribution in [1.29, 1.82) is 0 Å². The molecule has 0 unspecified atom stereocenters. The molecule has 3 aliphatic heterocycles. The number of nitrogens with zero attached hydrogens (tertiary/aromatic N) is 4. The van der Waals surface area contributed by atoms with Gasteiger partial charge in [0.25, 0.3) is 0 Å². The fraction of sp³-hybridized carbons (Fsp3) is 0.684. The summed E-state index contributed by atoms with van der Waals surface area (Å²) in [6, 6.07) is 5.93. The van der Waals surface area contributed by atoms with E-state index in [1.807, 2.05) is 24.4 Å². The first-order valence-corrected chi connectivity index (χ1v) is 9.52. The number of amides is 1. The Labute approximate surface area is 154 Å². The molecule has 4 rings (SSSR count). The van der Waals surface area contributed by atoms with E-state index in [-0.39, 0.29) is 17.6 Å². The van der Waals surface area contributed by atoms with Crippen molar-refractivity contribution in [3.8, 4) is 0 Å². The highest BCUT2D eigenvalue weighted by Gasteiger charge is 2.57. The van der Waals surface area contributed by atoms with Crippen molar-refractivity contribution in [3.05, 3.63) is 30.1 Å². The highest BCUT2D eigenvalue weighted by atomic mass is 16.5. The lowest BCUT2D eigenvalue weighted by Gasteiger charge is -2.49. The lowest BCUT2D eigenvalue weighted by atomic mass is 9.96. The number of fused-ring (bicyclic) bond motifs is 2. The maximum Gasteiger partial charge on any atom is 0.242 e. The van der Waals surface area contributed by atoms with Crippen LogP contribution < -0.4 is 0 Å². The van der Waals surface area contributed by atoms with Crippen LogP contribution in [0.25, 0.3) is 0 Å². The summed E-state index contributed by atoms with van der Waals surface area (Å²) in [5.41, 5.74) is 0.874. The second kappa shape index (κ2) is 7.60. The summed E-state index contributed by atoms with van der Waals surface area (Å²) in [4.78, 5) is 24.6. The third kappa shape index (κ3) is 3.13. The van der Waals surface area contributed by atoms with Crippen LogP contribution in [0.5, 0.6) is 0 Å². The smallest absolute Gasteiger partial charge is 0.242 e. The fourth-order valence-corrected chi connectivity index (χ4v) is 4.71. The first-order chi connectivity index (χ1) is 12.7. The molecule has 26 heavy (non-hydrogen) atoms. The van der Waals surface area contributed by atoms with Gasteiger partial charge in [0.1, 0.15) is 11.7 Å². The molecule has 3 aliphatic rings. The van der Waals surface area contributed by atoms with Gasteiger partial charge in [-0.05, 0) is 12.1 Å². The van der Waals surface area contributed by atoms with Crippen molar-refractivity contribution in [2.24, 2.45) is 0 Å². The van der Waals surface area contributed by atoms with Gasteiger partial charge in [0, 0.05) is 58.9 Å². The summed E-state index contributed by atoms with van der Waals surface area (Å²) in [5, 5.41) is 0. The van der Waals surface area contributed by atoms with Crippen LogP contribution in [0.2, 0.25) is 0 Å². The SMILES string of the molecule is COCCN1C(=O)[C@H]2CN(Cc3ccccn3)CCN2C12CCOCC2. The largest absolute Gasteiger partial charge is 0.383 e. The number of ether oxygens (including phenoxy) is 2. The maximum absolute atomic E-state index is 13.3. The van der Waals surface area contributed by atoms with E-state index in [9.17, 15) is 4.79 Å². The molecule has 1 atom stereocenters. The van der Waals surface area contributed by atoms with E-state index in [0.29, 0.717) is 13.2 Å². The first kappa shape index (κ1) is 17.9. The Morgan fingerprint density at radius 3 is 2.88 bits per heavy atom. The molecule has 1 amide bonds. The molecule has 142 valence electrons. The Morgan fingerprint density at radius 1 is 1.31 bits per heavy atom. The van der Waals surface area contributed by atoms with Crippen LogP contribution in [0.15, 0.2) is 24.4 Å². The van der Waals surface area contributed by atoms with E-state index in [2.05, 4.69) is 19.7 Å². The van der Waals surface area contributed by atoms with Crippen molar-refractivity contribution < 1.29 is 14.3 Å². The minimum absolute atomic E-state index is 0.0672.